The van der Waals surface area contributed by atoms with Crippen LogP contribution in [-0.4, -0.2) is 19.3 Å². The van der Waals surface area contributed by atoms with E-state index < -0.39 is 0 Å². The van der Waals surface area contributed by atoms with Gasteiger partial charge in [-0.05, 0) is 50.7 Å². The summed E-state index contributed by atoms with van der Waals surface area (Å²) >= 11 is 0. The molecule has 2 aliphatic rings. The van der Waals surface area contributed by atoms with Gasteiger partial charge in [-0.2, -0.15) is 0 Å². The summed E-state index contributed by atoms with van der Waals surface area (Å²) in [5.41, 5.74) is 2.53. The van der Waals surface area contributed by atoms with Gasteiger partial charge in [0.05, 0.1) is 7.11 Å². The Morgan fingerprint density at radius 1 is 1.19 bits per heavy atom. The lowest BCUT2D eigenvalue weighted by Gasteiger charge is -2.27. The van der Waals surface area contributed by atoms with Crippen LogP contribution in [0.4, 0.5) is 0 Å². The van der Waals surface area contributed by atoms with Crippen molar-refractivity contribution in [1.29, 1.82) is 0 Å². The Bertz CT molecular complexity index is 492. The van der Waals surface area contributed by atoms with Crippen molar-refractivity contribution in [3.63, 3.8) is 0 Å². The normalized spacial score (nSPS) is 28.0. The van der Waals surface area contributed by atoms with Crippen LogP contribution in [0.15, 0.2) is 12.1 Å². The molecule has 1 N–H and O–H groups in total. The van der Waals surface area contributed by atoms with Gasteiger partial charge in [0.15, 0.2) is 0 Å². The van der Waals surface area contributed by atoms with Gasteiger partial charge in [0.2, 0.25) is 0 Å². The molecule has 0 bridgehead atoms. The molecular weight excluding hydrogens is 262 g/mol. The van der Waals surface area contributed by atoms with E-state index in [-0.39, 0.29) is 6.10 Å². The Morgan fingerprint density at radius 3 is 2.67 bits per heavy atom. The molecule has 1 fully saturated rings. The van der Waals surface area contributed by atoms with E-state index >= 15 is 0 Å². The highest BCUT2D eigenvalue weighted by Crippen LogP contribution is 2.36. The third-order valence-electron chi connectivity index (χ3n) is 4.88. The maximum absolute atomic E-state index is 6.00. The smallest absolute Gasteiger partial charge is 0.127 e. The number of nitrogens with one attached hydrogen (secondary N) is 1. The summed E-state index contributed by atoms with van der Waals surface area (Å²) in [5.74, 6) is 2.92. The van der Waals surface area contributed by atoms with E-state index in [0.717, 1.165) is 30.4 Å². The van der Waals surface area contributed by atoms with Crippen LogP contribution in [0.5, 0.6) is 11.5 Å². The van der Waals surface area contributed by atoms with Gasteiger partial charge in [-0.3, -0.25) is 0 Å². The number of benzene rings is 1. The van der Waals surface area contributed by atoms with Gasteiger partial charge >= 0.3 is 0 Å². The van der Waals surface area contributed by atoms with E-state index in [2.05, 4.69) is 31.3 Å². The summed E-state index contributed by atoms with van der Waals surface area (Å²) in [6, 6.07) is 4.89. The number of rotatable bonds is 4. The highest BCUT2D eigenvalue weighted by atomic mass is 16.5. The van der Waals surface area contributed by atoms with Crippen LogP contribution >= 0.6 is 0 Å². The van der Waals surface area contributed by atoms with Crippen LogP contribution in [0.1, 0.15) is 50.7 Å². The summed E-state index contributed by atoms with van der Waals surface area (Å²) in [6.45, 7) is 5.37. The number of ether oxygens (including phenoxy) is 2. The molecule has 3 rings (SSSR count). The molecule has 0 aromatic heterocycles. The van der Waals surface area contributed by atoms with E-state index in [1.807, 2.05) is 0 Å². The van der Waals surface area contributed by atoms with Crippen molar-refractivity contribution in [2.45, 2.75) is 64.6 Å². The molecule has 116 valence electrons. The van der Waals surface area contributed by atoms with Crippen LogP contribution in [0.3, 0.4) is 0 Å². The molecular formula is C18H27NO2. The number of methoxy groups -OCH3 is 1. The zero-order valence-corrected chi connectivity index (χ0v) is 13.4. The summed E-state index contributed by atoms with van der Waals surface area (Å²) in [7, 11) is 1.74. The average molecular weight is 289 g/mol. The maximum atomic E-state index is 6.00. The van der Waals surface area contributed by atoms with Crippen molar-refractivity contribution >= 4 is 0 Å². The van der Waals surface area contributed by atoms with Gasteiger partial charge in [-0.1, -0.05) is 6.92 Å². The monoisotopic (exact) mass is 289 g/mol. The lowest BCUT2D eigenvalue weighted by molar-refractivity contribution is 0.250. The molecule has 1 aliphatic heterocycles. The Kier molecular flexibility index (Phi) is 4.39. The molecule has 3 heteroatoms. The Balaban J connectivity index is 1.69. The molecule has 0 unspecified atom stereocenters. The molecule has 1 atom stereocenters. The van der Waals surface area contributed by atoms with Crippen molar-refractivity contribution < 1.29 is 9.47 Å². The van der Waals surface area contributed by atoms with E-state index in [9.17, 15) is 0 Å². The first kappa shape index (κ1) is 14.7. The van der Waals surface area contributed by atoms with Crippen molar-refractivity contribution in [2.75, 3.05) is 7.11 Å². The van der Waals surface area contributed by atoms with E-state index in [0.29, 0.717) is 6.04 Å². The molecule has 3 nitrogen and oxygen atoms in total. The molecule has 1 aromatic carbocycles. The van der Waals surface area contributed by atoms with Crippen LogP contribution in [0.25, 0.3) is 0 Å². The Hall–Kier alpha value is -1.22. The second-order valence-corrected chi connectivity index (χ2v) is 6.75. The Morgan fingerprint density at radius 2 is 1.95 bits per heavy atom. The topological polar surface area (TPSA) is 30.5 Å². The quantitative estimate of drug-likeness (QED) is 0.917. The molecule has 21 heavy (non-hydrogen) atoms. The standard InChI is InChI=1S/C18H27NO2/c1-12-4-6-16(7-5-12)19-11-15-10-17(20-3)9-14-8-13(2)21-18(14)15/h9-10,12-13,16,19H,4-8,11H2,1-3H3/t12?,13-,16?/m0/s1. The van der Waals surface area contributed by atoms with Gasteiger partial charge in [0.1, 0.15) is 17.6 Å². The molecule has 0 amide bonds. The van der Waals surface area contributed by atoms with Crippen molar-refractivity contribution in [1.82, 2.24) is 5.32 Å². The first-order valence-electron chi connectivity index (χ1n) is 8.25. The van der Waals surface area contributed by atoms with Crippen LogP contribution < -0.4 is 14.8 Å². The lowest BCUT2D eigenvalue weighted by Crippen LogP contribution is -2.32. The minimum absolute atomic E-state index is 0.279. The lowest BCUT2D eigenvalue weighted by atomic mass is 9.87. The largest absolute Gasteiger partial charge is 0.497 e. The van der Waals surface area contributed by atoms with Crippen molar-refractivity contribution in [3.05, 3.63) is 23.3 Å². The SMILES string of the molecule is COc1cc(CNC2CCC(C)CC2)c2c(c1)C[C@H](C)O2. The third-order valence-corrected chi connectivity index (χ3v) is 4.88. The second-order valence-electron chi connectivity index (χ2n) is 6.75. The molecule has 0 saturated heterocycles. The first-order valence-corrected chi connectivity index (χ1v) is 8.25. The zero-order valence-electron chi connectivity index (χ0n) is 13.4. The summed E-state index contributed by atoms with van der Waals surface area (Å²) in [6.07, 6.45) is 6.56. The predicted octanol–water partition coefficient (Wildman–Crippen LogP) is 3.69. The second kappa shape index (κ2) is 6.27. The van der Waals surface area contributed by atoms with E-state index in [1.54, 1.807) is 7.11 Å². The zero-order chi connectivity index (χ0) is 14.8. The third kappa shape index (κ3) is 3.34. The van der Waals surface area contributed by atoms with Crippen molar-refractivity contribution in [2.24, 2.45) is 5.92 Å². The maximum Gasteiger partial charge on any atom is 0.127 e. The van der Waals surface area contributed by atoms with Gasteiger partial charge in [-0.15, -0.1) is 0 Å². The van der Waals surface area contributed by atoms with E-state index in [1.165, 1.54) is 36.8 Å². The van der Waals surface area contributed by atoms with Gasteiger partial charge in [0.25, 0.3) is 0 Å². The van der Waals surface area contributed by atoms with Crippen LogP contribution in [0, 0.1) is 5.92 Å². The Labute approximate surface area is 128 Å². The predicted molar refractivity (Wildman–Crippen MR) is 85.0 cm³/mol. The van der Waals surface area contributed by atoms with Gasteiger partial charge in [0, 0.05) is 30.1 Å². The van der Waals surface area contributed by atoms with Crippen molar-refractivity contribution in [3.8, 4) is 11.5 Å². The molecule has 1 aromatic rings. The molecule has 0 radical (unpaired) electrons. The number of hydrogen-bond donors (Lipinski definition) is 1. The van der Waals surface area contributed by atoms with Gasteiger partial charge < -0.3 is 14.8 Å². The fourth-order valence-electron chi connectivity index (χ4n) is 3.55. The number of fused-ring (bicyclic) bond motifs is 1. The molecule has 1 aliphatic carbocycles. The summed E-state index contributed by atoms with van der Waals surface area (Å²) < 4.78 is 11.4. The minimum atomic E-state index is 0.279. The molecule has 1 saturated carbocycles. The fraction of sp³-hybridized carbons (Fsp3) is 0.667. The highest BCUT2D eigenvalue weighted by Gasteiger charge is 2.24. The van der Waals surface area contributed by atoms with Crippen LogP contribution in [-0.2, 0) is 13.0 Å². The van der Waals surface area contributed by atoms with Gasteiger partial charge in [-0.25, -0.2) is 0 Å². The first-order chi connectivity index (χ1) is 10.2. The molecule has 1 heterocycles. The minimum Gasteiger partial charge on any atom is -0.497 e. The summed E-state index contributed by atoms with van der Waals surface area (Å²) in [4.78, 5) is 0. The van der Waals surface area contributed by atoms with Crippen LogP contribution in [0.2, 0.25) is 0 Å². The highest BCUT2D eigenvalue weighted by molar-refractivity contribution is 5.49. The van der Waals surface area contributed by atoms with E-state index in [4.69, 9.17) is 9.47 Å². The average Bonchev–Trinajstić information content (AvgIpc) is 2.86. The fourth-order valence-corrected chi connectivity index (χ4v) is 3.55. The molecule has 0 spiro atoms. The summed E-state index contributed by atoms with van der Waals surface area (Å²) in [5, 5.41) is 3.72. The number of hydrogen-bond acceptors (Lipinski definition) is 3.